The number of hydrogen-bond acceptors (Lipinski definition) is 4. The third-order valence-electron chi connectivity index (χ3n) is 6.82. The first kappa shape index (κ1) is 20.8. The van der Waals surface area contributed by atoms with Crippen LogP contribution in [0.3, 0.4) is 0 Å². The second-order valence-electron chi connectivity index (χ2n) is 8.95. The Balaban J connectivity index is 1.61. The predicted octanol–water partition coefficient (Wildman–Crippen LogP) is 3.61. The number of carbonyl (C=O) groups excluding carboxylic acids is 1. The highest BCUT2D eigenvalue weighted by molar-refractivity contribution is 7.90. The molecule has 1 aromatic carbocycles. The molecule has 1 N–H and O–H groups in total. The summed E-state index contributed by atoms with van der Waals surface area (Å²) in [6.07, 6.45) is 5.57. The zero-order valence-corrected chi connectivity index (χ0v) is 17.6. The largest absolute Gasteiger partial charge is 0.350 e. The summed E-state index contributed by atoms with van der Waals surface area (Å²) in [5, 5.41) is -3.00. The lowest BCUT2D eigenvalue weighted by atomic mass is 9.69. The van der Waals surface area contributed by atoms with Crippen molar-refractivity contribution in [1.29, 1.82) is 0 Å². The molecule has 1 saturated heterocycles. The summed E-state index contributed by atoms with van der Waals surface area (Å²) in [6.45, 7) is 2.23. The number of nitrogens with one attached hydrogen (secondary N) is 1. The summed E-state index contributed by atoms with van der Waals surface area (Å²) < 4.78 is 44.2. The van der Waals surface area contributed by atoms with Gasteiger partial charge in [-0.05, 0) is 56.1 Å². The van der Waals surface area contributed by atoms with Gasteiger partial charge in [-0.2, -0.15) is 8.70 Å². The molecule has 160 valence electrons. The van der Waals surface area contributed by atoms with Gasteiger partial charge >= 0.3 is 5.19 Å². The van der Waals surface area contributed by atoms with Gasteiger partial charge in [0.25, 0.3) is 15.9 Å². The fourth-order valence-corrected chi connectivity index (χ4v) is 6.75. The van der Waals surface area contributed by atoms with Crippen molar-refractivity contribution in [2.75, 3.05) is 13.1 Å². The molecule has 0 radical (unpaired) electrons. The summed E-state index contributed by atoms with van der Waals surface area (Å²) in [7, 11) is -4.40. The molecule has 3 atom stereocenters. The molecule has 1 amide bonds. The molecule has 0 aromatic heterocycles. The highest BCUT2D eigenvalue weighted by Gasteiger charge is 2.64. The molecule has 6 nitrogen and oxygen atoms in total. The maximum atomic E-state index is 16.6. The van der Waals surface area contributed by atoms with Crippen molar-refractivity contribution >= 4 is 15.9 Å². The molecule has 2 saturated carbocycles. The number of benzene rings is 1. The van der Waals surface area contributed by atoms with E-state index in [-0.39, 0.29) is 18.7 Å². The molecule has 3 unspecified atom stereocenters. The lowest BCUT2D eigenvalue weighted by Gasteiger charge is -2.48. The van der Waals surface area contributed by atoms with E-state index in [1.165, 1.54) is 0 Å². The molecule has 8 heteroatoms. The second kappa shape index (κ2) is 7.63. The maximum Gasteiger partial charge on any atom is 0.350 e. The number of amides is 1. The molecule has 1 heterocycles. The minimum absolute atomic E-state index is 0.279. The molecular formula is C21H29FN2O4S. The Kier molecular flexibility index (Phi) is 5.46. The van der Waals surface area contributed by atoms with Gasteiger partial charge in [0.2, 0.25) is 0 Å². The highest BCUT2D eigenvalue weighted by Crippen LogP contribution is 2.56. The van der Waals surface area contributed by atoms with Crippen molar-refractivity contribution < 1.29 is 22.4 Å². The van der Waals surface area contributed by atoms with Gasteiger partial charge in [-0.3, -0.25) is 4.79 Å². The predicted molar refractivity (Wildman–Crippen MR) is 107 cm³/mol. The molecule has 29 heavy (non-hydrogen) atoms. The molecule has 1 aromatic rings. The Morgan fingerprint density at radius 1 is 1.17 bits per heavy atom. The van der Waals surface area contributed by atoms with E-state index in [1.807, 2.05) is 0 Å². The maximum absolute atomic E-state index is 16.6. The van der Waals surface area contributed by atoms with Crippen molar-refractivity contribution in [1.82, 2.24) is 9.79 Å². The van der Waals surface area contributed by atoms with Crippen LogP contribution < -0.4 is 5.48 Å². The van der Waals surface area contributed by atoms with E-state index in [0.29, 0.717) is 31.1 Å². The molecular weight excluding hydrogens is 395 g/mol. The van der Waals surface area contributed by atoms with E-state index in [2.05, 4.69) is 5.48 Å². The van der Waals surface area contributed by atoms with Crippen LogP contribution in [0.15, 0.2) is 30.3 Å². The number of hydrogen-bond donors (Lipinski definition) is 1. The number of sulfonamides is 1. The minimum atomic E-state index is -4.40. The monoisotopic (exact) mass is 424 g/mol. The van der Waals surface area contributed by atoms with Crippen LogP contribution in [-0.4, -0.2) is 36.9 Å². The number of rotatable bonds is 7. The Labute approximate surface area is 171 Å². The topological polar surface area (TPSA) is 75.7 Å². The van der Waals surface area contributed by atoms with Gasteiger partial charge in [0.05, 0.1) is 0 Å². The van der Waals surface area contributed by atoms with Crippen LogP contribution in [0.2, 0.25) is 0 Å². The fraction of sp³-hybridized carbons (Fsp3) is 0.667. The van der Waals surface area contributed by atoms with E-state index in [0.717, 1.165) is 30.0 Å². The van der Waals surface area contributed by atoms with Crippen molar-refractivity contribution in [3.05, 3.63) is 35.9 Å². The van der Waals surface area contributed by atoms with Crippen molar-refractivity contribution in [2.24, 2.45) is 17.3 Å². The minimum Gasteiger partial charge on any atom is -0.267 e. The van der Waals surface area contributed by atoms with Crippen LogP contribution in [0, 0.1) is 17.3 Å². The van der Waals surface area contributed by atoms with Gasteiger partial charge in [-0.25, -0.2) is 18.7 Å². The molecule has 0 bridgehead atoms. The van der Waals surface area contributed by atoms with Crippen LogP contribution in [0.25, 0.3) is 0 Å². The first-order valence-electron chi connectivity index (χ1n) is 10.5. The molecule has 0 spiro atoms. The quantitative estimate of drug-likeness (QED) is 0.679. The Morgan fingerprint density at radius 2 is 1.86 bits per heavy atom. The fourth-order valence-electron chi connectivity index (χ4n) is 4.72. The van der Waals surface area contributed by atoms with E-state index in [1.54, 1.807) is 37.3 Å². The second-order valence-corrected chi connectivity index (χ2v) is 10.9. The number of carbonyl (C=O) groups is 1. The van der Waals surface area contributed by atoms with Gasteiger partial charge in [-0.1, -0.05) is 38.0 Å². The average molecular weight is 425 g/mol. The van der Waals surface area contributed by atoms with Crippen molar-refractivity contribution in [3.8, 4) is 0 Å². The average Bonchev–Trinajstić information content (AvgIpc) is 3.50. The molecule has 2 aliphatic carbocycles. The zero-order valence-electron chi connectivity index (χ0n) is 16.8. The van der Waals surface area contributed by atoms with Crippen LogP contribution in [0.4, 0.5) is 4.39 Å². The summed E-state index contributed by atoms with van der Waals surface area (Å²) in [6, 6.07) is 8.24. The summed E-state index contributed by atoms with van der Waals surface area (Å²) >= 11 is 0. The molecule has 4 rings (SSSR count). The van der Waals surface area contributed by atoms with Crippen LogP contribution in [-0.2, 0) is 14.9 Å². The summed E-state index contributed by atoms with van der Waals surface area (Å²) in [5.74, 6) is 0.206. The first-order chi connectivity index (χ1) is 13.8. The summed E-state index contributed by atoms with van der Waals surface area (Å²) in [4.78, 5) is 17.7. The highest BCUT2D eigenvalue weighted by atomic mass is 32.2. The number of alkyl halides is 1. The Bertz CT molecular complexity index is 857. The van der Waals surface area contributed by atoms with Crippen LogP contribution >= 0.6 is 0 Å². The smallest absolute Gasteiger partial charge is 0.267 e. The number of halogens is 1. The molecule has 1 aliphatic heterocycles. The van der Waals surface area contributed by atoms with E-state index in [4.69, 9.17) is 4.84 Å². The SMILES string of the molecule is CC1(C(F)(ONC(=O)c2ccccc2)S(=O)(=O)N2CCC2)CCCC(C2CC2)C1. The normalized spacial score (nSPS) is 30.2. The standard InChI is InChI=1S/C21H29FN2O4S/c1-20(12-5-9-18(15-20)16-10-11-16)21(22,29(26,27)24-13-6-14-24)28-23-19(25)17-7-3-2-4-8-17/h2-4,7-8,16,18H,5-6,9-15H2,1H3,(H,23,25). The van der Waals surface area contributed by atoms with E-state index < -0.39 is 26.5 Å². The lowest BCUT2D eigenvalue weighted by molar-refractivity contribution is -0.201. The van der Waals surface area contributed by atoms with Gasteiger partial charge in [-0.15, -0.1) is 0 Å². The van der Waals surface area contributed by atoms with Crippen LogP contribution in [0.1, 0.15) is 62.2 Å². The Hall–Kier alpha value is -1.51. The van der Waals surface area contributed by atoms with E-state index >= 15 is 4.39 Å². The Morgan fingerprint density at radius 3 is 2.45 bits per heavy atom. The number of nitrogens with zero attached hydrogens (tertiary/aromatic N) is 1. The van der Waals surface area contributed by atoms with Gasteiger partial charge in [0.15, 0.2) is 0 Å². The van der Waals surface area contributed by atoms with Crippen LogP contribution in [0.5, 0.6) is 0 Å². The first-order valence-corrected chi connectivity index (χ1v) is 11.9. The third-order valence-corrected chi connectivity index (χ3v) is 9.11. The lowest BCUT2D eigenvalue weighted by Crippen LogP contribution is -2.62. The third kappa shape index (κ3) is 3.70. The van der Waals surface area contributed by atoms with Gasteiger partial charge in [0.1, 0.15) is 0 Å². The van der Waals surface area contributed by atoms with Crippen molar-refractivity contribution in [3.63, 3.8) is 0 Å². The molecule has 3 aliphatic rings. The van der Waals surface area contributed by atoms with Gasteiger partial charge < -0.3 is 0 Å². The number of hydroxylamine groups is 1. The molecule has 3 fully saturated rings. The van der Waals surface area contributed by atoms with Gasteiger partial charge in [0, 0.05) is 24.1 Å². The van der Waals surface area contributed by atoms with Crippen molar-refractivity contribution in [2.45, 2.75) is 57.1 Å². The summed E-state index contributed by atoms with van der Waals surface area (Å²) in [5.41, 5.74) is 1.16. The zero-order chi connectivity index (χ0) is 20.7. The van der Waals surface area contributed by atoms with E-state index in [9.17, 15) is 13.2 Å².